The molecule has 10 heteroatoms. The molecule has 198 valence electrons. The molecule has 4 aromatic rings. The number of esters is 1. The van der Waals surface area contributed by atoms with Crippen molar-refractivity contribution in [1.82, 2.24) is 15.0 Å². The molecule has 0 aliphatic carbocycles. The van der Waals surface area contributed by atoms with Crippen molar-refractivity contribution in [2.75, 3.05) is 0 Å². The number of sulfonamides is 1. The minimum atomic E-state index is -4.18. The molecule has 38 heavy (non-hydrogen) atoms. The highest BCUT2D eigenvalue weighted by molar-refractivity contribution is 7.91. The minimum Gasteiger partial charge on any atom is -0.458 e. The van der Waals surface area contributed by atoms with Crippen LogP contribution in [0, 0.1) is 0 Å². The molecule has 1 aromatic heterocycles. The predicted octanol–water partition coefficient (Wildman–Crippen LogP) is 4.39. The largest absolute Gasteiger partial charge is 0.458 e. The van der Waals surface area contributed by atoms with Crippen LogP contribution in [-0.2, 0) is 30.8 Å². The molecule has 2 atom stereocenters. The quantitative estimate of drug-likeness (QED) is 0.298. The zero-order valence-electron chi connectivity index (χ0n) is 21.2. The van der Waals surface area contributed by atoms with Crippen LogP contribution >= 0.6 is 11.3 Å². The predicted molar refractivity (Wildman–Crippen MR) is 147 cm³/mol. The molecular formula is C28H29N3O5S2. The van der Waals surface area contributed by atoms with Crippen LogP contribution in [0.25, 0.3) is 10.2 Å². The van der Waals surface area contributed by atoms with Crippen LogP contribution in [-0.4, -0.2) is 36.9 Å². The molecule has 0 fully saturated rings. The van der Waals surface area contributed by atoms with Gasteiger partial charge in [0.25, 0.3) is 10.0 Å². The Balaban J connectivity index is 1.64. The second kappa shape index (κ2) is 11.4. The number of nitrogens with zero attached hydrogens (tertiary/aromatic N) is 1. The van der Waals surface area contributed by atoms with Crippen molar-refractivity contribution < 1.29 is 22.7 Å². The van der Waals surface area contributed by atoms with Gasteiger partial charge in [-0.25, -0.2) is 18.2 Å². The fraction of sp³-hybridized carbons (Fsp3) is 0.250. The Hall–Kier alpha value is -3.60. The molecule has 2 N–H and O–H groups in total. The van der Waals surface area contributed by atoms with E-state index in [0.717, 1.165) is 16.9 Å². The number of nitrogens with one attached hydrogen (secondary N) is 2. The summed E-state index contributed by atoms with van der Waals surface area (Å²) in [5.41, 5.74) is 1.00. The van der Waals surface area contributed by atoms with Gasteiger partial charge in [-0.15, -0.1) is 11.3 Å². The van der Waals surface area contributed by atoms with Gasteiger partial charge >= 0.3 is 5.97 Å². The fourth-order valence-electron chi connectivity index (χ4n) is 3.76. The van der Waals surface area contributed by atoms with Gasteiger partial charge in [0.05, 0.1) is 10.2 Å². The van der Waals surface area contributed by atoms with Crippen molar-refractivity contribution in [2.45, 2.75) is 49.2 Å². The Morgan fingerprint density at radius 2 is 1.53 bits per heavy atom. The zero-order chi connectivity index (χ0) is 27.3. The van der Waals surface area contributed by atoms with E-state index < -0.39 is 39.6 Å². The number of rotatable bonds is 9. The second-order valence-corrected chi connectivity index (χ2v) is 12.6. The van der Waals surface area contributed by atoms with Crippen molar-refractivity contribution >= 4 is 43.5 Å². The van der Waals surface area contributed by atoms with Crippen LogP contribution in [0.5, 0.6) is 0 Å². The first-order chi connectivity index (χ1) is 18.0. The number of carbonyl (C=O) groups is 2. The van der Waals surface area contributed by atoms with Crippen molar-refractivity contribution in [3.8, 4) is 0 Å². The maximum Gasteiger partial charge on any atom is 0.329 e. The third kappa shape index (κ3) is 7.03. The Kier molecular flexibility index (Phi) is 8.25. The highest BCUT2D eigenvalue weighted by atomic mass is 32.2. The fourth-order valence-corrected chi connectivity index (χ4v) is 6.18. The summed E-state index contributed by atoms with van der Waals surface area (Å²) in [4.78, 5) is 31.0. The topological polar surface area (TPSA) is 114 Å². The van der Waals surface area contributed by atoms with Crippen molar-refractivity contribution in [3.63, 3.8) is 0 Å². The van der Waals surface area contributed by atoms with Crippen molar-refractivity contribution in [2.24, 2.45) is 0 Å². The first-order valence-electron chi connectivity index (χ1n) is 12.0. The van der Waals surface area contributed by atoms with Gasteiger partial charge in [-0.2, -0.15) is 4.72 Å². The van der Waals surface area contributed by atoms with Crippen LogP contribution < -0.4 is 10.0 Å². The maximum atomic E-state index is 13.6. The number of hydrogen-bond acceptors (Lipinski definition) is 7. The zero-order valence-corrected chi connectivity index (χ0v) is 22.9. The van der Waals surface area contributed by atoms with Gasteiger partial charge in [0.15, 0.2) is 0 Å². The van der Waals surface area contributed by atoms with Crippen LogP contribution in [0.3, 0.4) is 0 Å². The number of fused-ring (bicyclic) bond motifs is 1. The molecule has 0 unspecified atom stereocenters. The first kappa shape index (κ1) is 27.4. The minimum absolute atomic E-state index is 0.152. The van der Waals surface area contributed by atoms with Gasteiger partial charge in [-0.05, 0) is 44.0 Å². The summed E-state index contributed by atoms with van der Waals surface area (Å²) in [6.07, 6.45) is 0.174. The second-order valence-electron chi connectivity index (χ2n) is 9.70. The van der Waals surface area contributed by atoms with E-state index in [-0.39, 0.29) is 10.8 Å². The summed E-state index contributed by atoms with van der Waals surface area (Å²) in [6, 6.07) is 22.4. The van der Waals surface area contributed by atoms with Gasteiger partial charge in [0.2, 0.25) is 10.2 Å². The van der Waals surface area contributed by atoms with Crippen LogP contribution in [0.15, 0.2) is 89.3 Å². The normalized spacial score (nSPS) is 13.6. The van der Waals surface area contributed by atoms with Gasteiger partial charge in [-0.3, -0.25) is 4.79 Å². The van der Waals surface area contributed by atoms with E-state index in [9.17, 15) is 18.0 Å². The average Bonchev–Trinajstić information content (AvgIpc) is 3.33. The number of thiazole rings is 1. The standard InChI is InChI=1S/C28H29N3O5S2/c1-28(2,3)36-26(33)22(18-19-12-6-4-7-13-19)29-25(32)24(20-14-8-5-9-15-20)31-38(34,35)27-30-21-16-10-11-17-23(21)37-27/h4-17,22,24,31H,18H2,1-3H3,(H,29,32)/t22-,24-/m0/s1. The Morgan fingerprint density at radius 3 is 2.16 bits per heavy atom. The van der Waals surface area contributed by atoms with E-state index >= 15 is 0 Å². The molecule has 1 heterocycles. The van der Waals surface area contributed by atoms with E-state index in [0.29, 0.717) is 15.8 Å². The van der Waals surface area contributed by atoms with Gasteiger partial charge in [-0.1, -0.05) is 72.8 Å². The highest BCUT2D eigenvalue weighted by Gasteiger charge is 2.33. The monoisotopic (exact) mass is 551 g/mol. The molecule has 0 aliphatic rings. The summed E-state index contributed by atoms with van der Waals surface area (Å²) in [6.45, 7) is 5.22. The summed E-state index contributed by atoms with van der Waals surface area (Å²) in [7, 11) is -4.18. The Bertz CT molecular complexity index is 1480. The smallest absolute Gasteiger partial charge is 0.329 e. The third-order valence-electron chi connectivity index (χ3n) is 5.46. The highest BCUT2D eigenvalue weighted by Crippen LogP contribution is 2.27. The lowest BCUT2D eigenvalue weighted by Gasteiger charge is -2.26. The summed E-state index contributed by atoms with van der Waals surface area (Å²) in [5, 5.41) is 2.73. The molecule has 1 amide bonds. The Morgan fingerprint density at radius 1 is 0.921 bits per heavy atom. The third-order valence-corrected chi connectivity index (χ3v) is 8.30. The van der Waals surface area contributed by atoms with Gasteiger partial charge in [0, 0.05) is 6.42 Å². The SMILES string of the molecule is CC(C)(C)OC(=O)[C@H](Cc1ccccc1)NC(=O)[C@@H](NS(=O)(=O)c1nc2ccccc2s1)c1ccccc1. The number of hydrogen-bond donors (Lipinski definition) is 2. The number of amides is 1. The van der Waals surface area contributed by atoms with Crippen molar-refractivity contribution in [1.29, 1.82) is 0 Å². The lowest BCUT2D eigenvalue weighted by atomic mass is 10.0. The van der Waals surface area contributed by atoms with Crippen LogP contribution in [0.4, 0.5) is 0 Å². The number of ether oxygens (including phenoxy) is 1. The van der Waals surface area contributed by atoms with E-state index in [1.807, 2.05) is 30.3 Å². The molecule has 0 radical (unpaired) electrons. The molecule has 0 bridgehead atoms. The Labute approximate surface area is 226 Å². The number of para-hydroxylation sites is 1. The number of aromatic nitrogens is 1. The molecule has 0 saturated carbocycles. The molecule has 0 spiro atoms. The lowest BCUT2D eigenvalue weighted by Crippen LogP contribution is -2.49. The molecule has 0 saturated heterocycles. The average molecular weight is 552 g/mol. The van der Waals surface area contributed by atoms with Gasteiger partial charge in [0.1, 0.15) is 17.7 Å². The lowest BCUT2D eigenvalue weighted by molar-refractivity contribution is -0.158. The molecule has 3 aromatic carbocycles. The number of benzene rings is 3. The maximum absolute atomic E-state index is 13.6. The molecular weight excluding hydrogens is 522 g/mol. The van der Waals surface area contributed by atoms with Crippen LogP contribution in [0.1, 0.15) is 37.9 Å². The van der Waals surface area contributed by atoms with E-state index in [1.54, 1.807) is 75.4 Å². The summed E-state index contributed by atoms with van der Waals surface area (Å²) in [5.74, 6) is -1.30. The molecule has 8 nitrogen and oxygen atoms in total. The summed E-state index contributed by atoms with van der Waals surface area (Å²) >= 11 is 1.01. The van der Waals surface area contributed by atoms with E-state index in [1.165, 1.54) is 0 Å². The molecule has 4 rings (SSSR count). The van der Waals surface area contributed by atoms with Crippen molar-refractivity contribution in [3.05, 3.63) is 96.1 Å². The van der Waals surface area contributed by atoms with Crippen LogP contribution in [0.2, 0.25) is 0 Å². The van der Waals surface area contributed by atoms with Gasteiger partial charge < -0.3 is 10.1 Å². The summed E-state index contributed by atoms with van der Waals surface area (Å²) < 4.78 is 35.3. The molecule has 0 aliphatic heterocycles. The van der Waals surface area contributed by atoms with E-state index in [2.05, 4.69) is 15.0 Å². The van der Waals surface area contributed by atoms with E-state index in [4.69, 9.17) is 4.74 Å². The first-order valence-corrected chi connectivity index (χ1v) is 14.3. The number of carbonyl (C=O) groups excluding carboxylic acids is 2.